The number of para-hydroxylation sites is 1. The summed E-state index contributed by atoms with van der Waals surface area (Å²) in [5.74, 6) is -0.265. The number of ketones is 1. The molecule has 4 rings (SSSR count). The Hall–Kier alpha value is -4.33. The Bertz CT molecular complexity index is 1420. The first kappa shape index (κ1) is 26.7. The average molecular weight is 512 g/mol. The molecule has 0 saturated carbocycles. The van der Waals surface area contributed by atoms with E-state index in [1.54, 1.807) is 24.3 Å². The highest BCUT2D eigenvalue weighted by Gasteiger charge is 2.33. The second-order valence-corrected chi connectivity index (χ2v) is 9.89. The summed E-state index contributed by atoms with van der Waals surface area (Å²) in [6.07, 6.45) is 0.818. The number of aromatic nitrogens is 3. The zero-order chi connectivity index (χ0) is 27.2. The Balaban J connectivity index is 1.77. The topological polar surface area (TPSA) is 97.2 Å². The van der Waals surface area contributed by atoms with E-state index in [0.717, 1.165) is 17.5 Å². The van der Waals surface area contributed by atoms with Crippen molar-refractivity contribution in [2.75, 3.05) is 11.4 Å². The van der Waals surface area contributed by atoms with E-state index in [9.17, 15) is 14.4 Å². The van der Waals surface area contributed by atoms with Gasteiger partial charge >= 0.3 is 0 Å². The van der Waals surface area contributed by atoms with Gasteiger partial charge in [0.25, 0.3) is 0 Å². The molecule has 1 atom stereocenters. The van der Waals surface area contributed by atoms with Gasteiger partial charge in [0.05, 0.1) is 5.52 Å². The van der Waals surface area contributed by atoms with E-state index >= 15 is 0 Å². The van der Waals surface area contributed by atoms with Crippen molar-refractivity contribution in [3.05, 3.63) is 89.5 Å². The number of aryl methyl sites for hydroxylation is 1. The van der Waals surface area contributed by atoms with Crippen LogP contribution < -0.4 is 10.2 Å². The van der Waals surface area contributed by atoms with E-state index in [1.165, 1.54) is 16.5 Å². The highest BCUT2D eigenvalue weighted by Crippen LogP contribution is 2.29. The van der Waals surface area contributed by atoms with Gasteiger partial charge in [-0.1, -0.05) is 61.0 Å². The molecule has 4 aromatic rings. The third kappa shape index (κ3) is 6.14. The van der Waals surface area contributed by atoms with Crippen LogP contribution in [0.3, 0.4) is 0 Å². The van der Waals surface area contributed by atoms with E-state index in [2.05, 4.69) is 29.5 Å². The van der Waals surface area contributed by atoms with Gasteiger partial charge in [-0.2, -0.15) is 0 Å². The maximum Gasteiger partial charge on any atom is 0.249 e. The van der Waals surface area contributed by atoms with Gasteiger partial charge in [0.2, 0.25) is 11.8 Å². The molecule has 1 unspecified atom stereocenters. The van der Waals surface area contributed by atoms with Crippen LogP contribution in [0.15, 0.2) is 72.8 Å². The number of carbonyl (C=O) groups is 3. The fourth-order valence-corrected chi connectivity index (χ4v) is 4.28. The van der Waals surface area contributed by atoms with Crippen LogP contribution in [0, 0.1) is 12.8 Å². The second kappa shape index (κ2) is 11.8. The molecule has 1 N–H and O–H groups in total. The van der Waals surface area contributed by atoms with Crippen molar-refractivity contribution in [3.8, 4) is 0 Å². The first-order valence-corrected chi connectivity index (χ1v) is 12.8. The highest BCUT2D eigenvalue weighted by molar-refractivity contribution is 6.02. The lowest BCUT2D eigenvalue weighted by atomic mass is 10.0. The first-order valence-electron chi connectivity index (χ1n) is 12.8. The minimum Gasteiger partial charge on any atom is -0.354 e. The van der Waals surface area contributed by atoms with Crippen molar-refractivity contribution in [3.63, 3.8) is 0 Å². The molecule has 196 valence electrons. The molecule has 1 heterocycles. The molecule has 0 radical (unpaired) electrons. The first-order chi connectivity index (χ1) is 18.2. The van der Waals surface area contributed by atoms with Gasteiger partial charge in [-0.15, -0.1) is 5.10 Å². The Morgan fingerprint density at radius 1 is 0.947 bits per heavy atom. The molecule has 0 aliphatic heterocycles. The van der Waals surface area contributed by atoms with Gasteiger partial charge in [-0.25, -0.2) is 4.68 Å². The molecule has 3 aromatic carbocycles. The zero-order valence-electron chi connectivity index (χ0n) is 22.2. The summed E-state index contributed by atoms with van der Waals surface area (Å²) >= 11 is 0. The molecule has 2 amide bonds. The lowest BCUT2D eigenvalue weighted by molar-refractivity contribution is -0.127. The number of nitrogens with one attached hydrogen (secondary N) is 1. The van der Waals surface area contributed by atoms with Crippen molar-refractivity contribution in [1.29, 1.82) is 0 Å². The second-order valence-electron chi connectivity index (χ2n) is 9.89. The van der Waals surface area contributed by atoms with Crippen LogP contribution in [0.4, 0.5) is 5.69 Å². The third-order valence-electron chi connectivity index (χ3n) is 6.45. The summed E-state index contributed by atoms with van der Waals surface area (Å²) < 4.78 is 1.54. The van der Waals surface area contributed by atoms with Crippen molar-refractivity contribution in [2.45, 2.75) is 46.7 Å². The predicted octanol–water partition coefficient (Wildman–Crippen LogP) is 4.88. The van der Waals surface area contributed by atoms with Gasteiger partial charge in [0.15, 0.2) is 5.78 Å². The van der Waals surface area contributed by atoms with Crippen LogP contribution >= 0.6 is 0 Å². The van der Waals surface area contributed by atoms with E-state index in [0.29, 0.717) is 34.8 Å². The maximum atomic E-state index is 14.0. The molecule has 0 aliphatic rings. The summed E-state index contributed by atoms with van der Waals surface area (Å²) in [4.78, 5) is 41.2. The number of anilines is 1. The zero-order valence-corrected chi connectivity index (χ0v) is 22.2. The SMILES string of the molecule is CC(=O)c1ccc(N(C(=O)Cn2nnc3ccccc32)C(C(=O)NCCC(C)C)c2ccc(C)cc2)cc1. The van der Waals surface area contributed by atoms with Crippen LogP contribution in [0.1, 0.15) is 54.7 Å². The summed E-state index contributed by atoms with van der Waals surface area (Å²) in [6.45, 7) is 8.04. The minimum absolute atomic E-state index is 0.0787. The fraction of sp³-hybridized carbons (Fsp3) is 0.300. The number of hydrogen-bond acceptors (Lipinski definition) is 5. The van der Waals surface area contributed by atoms with Gasteiger partial charge in [-0.3, -0.25) is 19.3 Å². The normalized spacial score (nSPS) is 11.9. The largest absolute Gasteiger partial charge is 0.354 e. The molecular weight excluding hydrogens is 478 g/mol. The number of Topliss-reactive ketones (excluding diaryl/α,β-unsaturated/α-hetero) is 1. The number of rotatable bonds is 10. The van der Waals surface area contributed by atoms with Crippen LogP contribution in [0.5, 0.6) is 0 Å². The molecule has 1 aromatic heterocycles. The van der Waals surface area contributed by atoms with Crippen molar-refractivity contribution >= 4 is 34.3 Å². The predicted molar refractivity (Wildman–Crippen MR) is 148 cm³/mol. The standard InChI is InChI=1S/C30H33N5O3/c1-20(2)17-18-31-30(38)29(24-11-9-21(3)10-12-24)35(25-15-13-23(14-16-25)22(4)36)28(37)19-34-27-8-6-5-7-26(27)32-33-34/h5-16,20,29H,17-19H2,1-4H3,(H,31,38). The Morgan fingerprint density at radius 2 is 1.63 bits per heavy atom. The Kier molecular flexibility index (Phi) is 8.31. The fourth-order valence-electron chi connectivity index (χ4n) is 4.28. The van der Waals surface area contributed by atoms with Crippen LogP contribution in [-0.2, 0) is 16.1 Å². The van der Waals surface area contributed by atoms with Gasteiger partial charge in [-0.05, 0) is 68.1 Å². The van der Waals surface area contributed by atoms with Crippen molar-refractivity contribution in [1.82, 2.24) is 20.3 Å². The third-order valence-corrected chi connectivity index (χ3v) is 6.45. The Morgan fingerprint density at radius 3 is 2.29 bits per heavy atom. The molecule has 38 heavy (non-hydrogen) atoms. The number of hydrogen-bond donors (Lipinski definition) is 1. The molecule has 0 saturated heterocycles. The van der Waals surface area contributed by atoms with E-state index < -0.39 is 6.04 Å². The lowest BCUT2D eigenvalue weighted by Gasteiger charge is -2.32. The quantitative estimate of drug-likeness (QED) is 0.306. The molecule has 0 spiro atoms. The molecule has 0 bridgehead atoms. The number of benzene rings is 3. The maximum absolute atomic E-state index is 14.0. The van der Waals surface area contributed by atoms with Crippen LogP contribution in [-0.4, -0.2) is 39.1 Å². The summed E-state index contributed by atoms with van der Waals surface area (Å²) in [6, 6.07) is 20.8. The van der Waals surface area contributed by atoms with Crippen molar-refractivity contribution in [2.24, 2.45) is 5.92 Å². The van der Waals surface area contributed by atoms with Crippen LogP contribution in [0.25, 0.3) is 11.0 Å². The number of amides is 2. The average Bonchev–Trinajstić information content (AvgIpc) is 3.30. The summed E-state index contributed by atoms with van der Waals surface area (Å²) in [5.41, 5.74) is 4.17. The number of carbonyl (C=O) groups excluding carboxylic acids is 3. The van der Waals surface area contributed by atoms with E-state index in [4.69, 9.17) is 0 Å². The Labute approximate surface area is 222 Å². The van der Waals surface area contributed by atoms with E-state index in [-0.39, 0.29) is 24.1 Å². The van der Waals surface area contributed by atoms with E-state index in [1.807, 2.05) is 55.5 Å². The number of nitrogens with zero attached hydrogens (tertiary/aromatic N) is 4. The molecule has 0 fully saturated rings. The smallest absolute Gasteiger partial charge is 0.249 e. The highest BCUT2D eigenvalue weighted by atomic mass is 16.2. The minimum atomic E-state index is -0.923. The molecule has 8 heteroatoms. The van der Waals surface area contributed by atoms with Gasteiger partial charge < -0.3 is 5.32 Å². The van der Waals surface area contributed by atoms with Crippen molar-refractivity contribution < 1.29 is 14.4 Å². The number of fused-ring (bicyclic) bond motifs is 1. The molecule has 0 aliphatic carbocycles. The van der Waals surface area contributed by atoms with Gasteiger partial charge in [0.1, 0.15) is 18.1 Å². The lowest BCUT2D eigenvalue weighted by Crippen LogP contribution is -2.45. The summed E-state index contributed by atoms with van der Waals surface area (Å²) in [5, 5.41) is 11.4. The monoisotopic (exact) mass is 511 g/mol. The molecular formula is C30H33N5O3. The summed E-state index contributed by atoms with van der Waals surface area (Å²) in [7, 11) is 0. The molecule has 8 nitrogen and oxygen atoms in total. The van der Waals surface area contributed by atoms with Crippen LogP contribution in [0.2, 0.25) is 0 Å². The van der Waals surface area contributed by atoms with Gasteiger partial charge in [0, 0.05) is 17.8 Å².